The predicted octanol–water partition coefficient (Wildman–Crippen LogP) is 10.9. The fourth-order valence-electron chi connectivity index (χ4n) is 5.82. The highest BCUT2D eigenvalue weighted by Gasteiger charge is 2.36. The number of phosphoric ester groups is 1. The monoisotopic (exact) mass is 782 g/mol. The van der Waals surface area contributed by atoms with Gasteiger partial charge in [-0.15, -0.1) is 0 Å². The molecule has 11 heteroatoms. The molecule has 1 aliphatic rings. The Bertz CT molecular complexity index is 1090. The van der Waals surface area contributed by atoms with Gasteiger partial charge in [0, 0.05) is 19.4 Å². The van der Waals surface area contributed by atoms with Crippen LogP contribution in [0.15, 0.2) is 48.6 Å². The van der Waals surface area contributed by atoms with Crippen LogP contribution in [0.5, 0.6) is 0 Å². The lowest BCUT2D eigenvalue weighted by molar-refractivity contribution is -0.161. The zero-order chi connectivity index (χ0) is 39.4. The average molecular weight is 782 g/mol. The Morgan fingerprint density at radius 3 is 1.83 bits per heavy atom. The molecule has 3 N–H and O–H groups in total. The van der Waals surface area contributed by atoms with E-state index < -0.39 is 32.5 Å². The number of allylic oxidation sites excluding steroid dienone is 7. The van der Waals surface area contributed by atoms with Crippen LogP contribution in [-0.4, -0.2) is 61.5 Å². The number of ether oxygens (including phenoxy) is 3. The summed E-state index contributed by atoms with van der Waals surface area (Å²) >= 11 is 0. The molecule has 0 aromatic rings. The largest absolute Gasteiger partial charge is 0.472 e. The van der Waals surface area contributed by atoms with Crippen LogP contribution in [-0.2, 0) is 37.4 Å². The van der Waals surface area contributed by atoms with Crippen LogP contribution < -0.4 is 5.73 Å². The summed E-state index contributed by atoms with van der Waals surface area (Å²) in [7, 11) is -4.39. The molecule has 0 amide bonds. The minimum absolute atomic E-state index is 0.0436. The van der Waals surface area contributed by atoms with E-state index in [9.17, 15) is 19.0 Å². The van der Waals surface area contributed by atoms with Gasteiger partial charge in [-0.3, -0.25) is 18.6 Å². The van der Waals surface area contributed by atoms with E-state index in [0.29, 0.717) is 25.0 Å². The molecule has 3 unspecified atom stereocenters. The topological polar surface area (TPSA) is 147 Å². The molecular formula is C43H76NO9P. The molecule has 0 aromatic heterocycles. The van der Waals surface area contributed by atoms with Gasteiger partial charge >= 0.3 is 19.8 Å². The Kier molecular flexibility index (Phi) is 32.7. The van der Waals surface area contributed by atoms with Gasteiger partial charge in [-0.05, 0) is 77.0 Å². The normalized spacial score (nSPS) is 17.6. The van der Waals surface area contributed by atoms with Crippen LogP contribution in [0.3, 0.4) is 0 Å². The maximum absolute atomic E-state index is 12.6. The van der Waals surface area contributed by atoms with Crippen molar-refractivity contribution in [3.8, 4) is 0 Å². The van der Waals surface area contributed by atoms with Gasteiger partial charge in [-0.2, -0.15) is 0 Å². The van der Waals surface area contributed by atoms with Crippen molar-refractivity contribution in [3.63, 3.8) is 0 Å². The number of esters is 2. The SMILES string of the molecule is CCCCC/C=C\C/C=C\C/C=C\CCCCCCC(=O)OC[C@H](COP(=O)(O)OCCN)OC(=O)CCCCCCC/C=C\CC1OC1CCCCC. The molecule has 1 saturated heterocycles. The molecule has 0 saturated carbocycles. The number of rotatable bonds is 38. The van der Waals surface area contributed by atoms with Gasteiger partial charge in [-0.25, -0.2) is 4.57 Å². The summed E-state index contributed by atoms with van der Waals surface area (Å²) in [6, 6.07) is 0. The first-order chi connectivity index (χ1) is 26.3. The Morgan fingerprint density at radius 1 is 0.667 bits per heavy atom. The fraction of sp³-hybridized carbons (Fsp3) is 0.767. The first-order valence-corrected chi connectivity index (χ1v) is 22.7. The van der Waals surface area contributed by atoms with Gasteiger partial charge in [0.25, 0.3) is 0 Å². The molecule has 312 valence electrons. The second-order valence-corrected chi connectivity index (χ2v) is 15.7. The summed E-state index contributed by atoms with van der Waals surface area (Å²) in [6.07, 6.45) is 41.6. The molecule has 1 aliphatic heterocycles. The molecule has 0 aliphatic carbocycles. The average Bonchev–Trinajstić information content (AvgIpc) is 3.91. The number of hydrogen-bond donors (Lipinski definition) is 2. The van der Waals surface area contributed by atoms with E-state index in [1.54, 1.807) is 0 Å². The van der Waals surface area contributed by atoms with Gasteiger partial charge in [-0.1, -0.05) is 127 Å². The zero-order valence-electron chi connectivity index (χ0n) is 33.9. The third-order valence-electron chi connectivity index (χ3n) is 9.11. The number of hydrogen-bond acceptors (Lipinski definition) is 9. The van der Waals surface area contributed by atoms with Gasteiger partial charge in [0.05, 0.1) is 25.4 Å². The van der Waals surface area contributed by atoms with Crippen LogP contribution >= 0.6 is 7.82 Å². The second kappa shape index (κ2) is 35.4. The quantitative estimate of drug-likeness (QED) is 0.0204. The van der Waals surface area contributed by atoms with Crippen LogP contribution in [0.2, 0.25) is 0 Å². The molecule has 0 bridgehead atoms. The van der Waals surface area contributed by atoms with Crippen molar-refractivity contribution in [2.75, 3.05) is 26.4 Å². The van der Waals surface area contributed by atoms with E-state index in [1.807, 2.05) is 0 Å². The van der Waals surface area contributed by atoms with E-state index in [0.717, 1.165) is 77.0 Å². The van der Waals surface area contributed by atoms with Crippen LogP contribution in [0.1, 0.15) is 168 Å². The van der Waals surface area contributed by atoms with E-state index in [2.05, 4.69) is 62.5 Å². The maximum atomic E-state index is 12.6. The second-order valence-electron chi connectivity index (χ2n) is 14.2. The highest BCUT2D eigenvalue weighted by atomic mass is 31.2. The third kappa shape index (κ3) is 32.2. The molecule has 10 nitrogen and oxygen atoms in total. The summed E-state index contributed by atoms with van der Waals surface area (Å²) in [5.74, 6) is -0.878. The summed E-state index contributed by atoms with van der Waals surface area (Å²) in [4.78, 5) is 34.9. The number of phosphoric acid groups is 1. The Labute approximate surface area is 328 Å². The standard InChI is InChI=1S/C43H76NO9P/c1-3-5-7-8-9-10-11-12-13-14-15-16-17-18-22-25-29-33-42(45)49-37-39(38-51-54(47,48)50-36-35-44)52-43(46)34-30-26-23-20-19-21-24-28-32-41-40(53-41)31-27-6-4-2/h9-10,12-13,15-16,24,28,39-41H,3-8,11,14,17-23,25-27,29-38,44H2,1-2H3,(H,47,48)/b10-9-,13-12-,16-15-,28-24-/t39-,40?,41?/m1/s1. The first kappa shape index (κ1) is 49.9. The molecule has 54 heavy (non-hydrogen) atoms. The van der Waals surface area contributed by atoms with E-state index in [4.69, 9.17) is 29.0 Å². The van der Waals surface area contributed by atoms with Gasteiger partial charge in [0.1, 0.15) is 6.61 Å². The van der Waals surface area contributed by atoms with Crippen molar-refractivity contribution in [1.82, 2.24) is 0 Å². The minimum Gasteiger partial charge on any atom is -0.462 e. The molecule has 1 fully saturated rings. The predicted molar refractivity (Wildman–Crippen MR) is 219 cm³/mol. The third-order valence-corrected chi connectivity index (χ3v) is 10.1. The number of epoxide rings is 1. The summed E-state index contributed by atoms with van der Waals surface area (Å²) < 4.78 is 38.5. The van der Waals surface area contributed by atoms with Crippen molar-refractivity contribution in [1.29, 1.82) is 0 Å². The lowest BCUT2D eigenvalue weighted by Crippen LogP contribution is -2.29. The smallest absolute Gasteiger partial charge is 0.462 e. The highest BCUT2D eigenvalue weighted by molar-refractivity contribution is 7.47. The molecule has 1 heterocycles. The fourth-order valence-corrected chi connectivity index (χ4v) is 6.59. The van der Waals surface area contributed by atoms with Gasteiger partial charge in [0.2, 0.25) is 0 Å². The van der Waals surface area contributed by atoms with Crippen molar-refractivity contribution in [2.45, 2.75) is 186 Å². The number of carbonyl (C=O) groups is 2. The molecule has 4 atom stereocenters. The zero-order valence-corrected chi connectivity index (χ0v) is 34.8. The van der Waals surface area contributed by atoms with E-state index in [-0.39, 0.29) is 32.6 Å². The maximum Gasteiger partial charge on any atom is 0.472 e. The number of nitrogens with two attached hydrogens (primary N) is 1. The van der Waals surface area contributed by atoms with Gasteiger partial charge < -0.3 is 24.8 Å². The van der Waals surface area contributed by atoms with E-state index >= 15 is 0 Å². The Hall–Kier alpha value is -2.07. The summed E-state index contributed by atoms with van der Waals surface area (Å²) in [6.45, 7) is 3.61. The van der Waals surface area contributed by atoms with Crippen molar-refractivity contribution < 1.29 is 42.3 Å². The summed E-state index contributed by atoms with van der Waals surface area (Å²) in [5.41, 5.74) is 5.34. The minimum atomic E-state index is -4.39. The number of carbonyl (C=O) groups excluding carboxylic acids is 2. The lowest BCUT2D eigenvalue weighted by atomic mass is 10.1. The number of unbranched alkanes of at least 4 members (excludes halogenated alkanes) is 14. The Morgan fingerprint density at radius 2 is 1.20 bits per heavy atom. The molecule has 0 aromatic carbocycles. The van der Waals surface area contributed by atoms with Crippen LogP contribution in [0, 0.1) is 0 Å². The Balaban J connectivity index is 2.21. The highest BCUT2D eigenvalue weighted by Crippen LogP contribution is 2.43. The molecule has 1 rings (SSSR count). The van der Waals surface area contributed by atoms with Crippen molar-refractivity contribution in [2.24, 2.45) is 5.73 Å². The van der Waals surface area contributed by atoms with Crippen molar-refractivity contribution >= 4 is 19.8 Å². The van der Waals surface area contributed by atoms with Crippen molar-refractivity contribution in [3.05, 3.63) is 48.6 Å². The molecule has 0 radical (unpaired) electrons. The van der Waals surface area contributed by atoms with Gasteiger partial charge in [0.15, 0.2) is 6.10 Å². The van der Waals surface area contributed by atoms with Crippen LogP contribution in [0.25, 0.3) is 0 Å². The molecular weight excluding hydrogens is 705 g/mol. The lowest BCUT2D eigenvalue weighted by Gasteiger charge is -2.19. The van der Waals surface area contributed by atoms with E-state index in [1.165, 1.54) is 51.4 Å². The summed E-state index contributed by atoms with van der Waals surface area (Å²) in [5, 5.41) is 0. The molecule has 0 spiro atoms. The first-order valence-electron chi connectivity index (χ1n) is 21.2. The van der Waals surface area contributed by atoms with Crippen LogP contribution in [0.4, 0.5) is 0 Å².